The van der Waals surface area contributed by atoms with Crippen molar-refractivity contribution in [2.45, 2.75) is 52.2 Å². The Hall–Kier alpha value is -0.420. The van der Waals surface area contributed by atoms with Crippen molar-refractivity contribution in [3.63, 3.8) is 0 Å². The smallest absolute Gasteiger partial charge is 0.241 e. The van der Waals surface area contributed by atoms with E-state index in [9.17, 15) is 9.00 Å². The molecule has 1 aliphatic rings. The lowest BCUT2D eigenvalue weighted by Gasteiger charge is -2.23. The summed E-state index contributed by atoms with van der Waals surface area (Å²) in [6, 6.07) is -0.0492. The van der Waals surface area contributed by atoms with Gasteiger partial charge in [-0.05, 0) is 18.8 Å². The van der Waals surface area contributed by atoms with Crippen LogP contribution >= 0.6 is 0 Å². The highest BCUT2D eigenvalue weighted by molar-refractivity contribution is 7.84. The van der Waals surface area contributed by atoms with Gasteiger partial charge >= 0.3 is 0 Å². The first-order valence-corrected chi connectivity index (χ1v) is 8.55. The molecule has 0 spiro atoms. The molecule has 3 atom stereocenters. The van der Waals surface area contributed by atoms with Gasteiger partial charge in [-0.3, -0.25) is 14.3 Å². The predicted octanol–water partition coefficient (Wildman–Crippen LogP) is 1.34. The van der Waals surface area contributed by atoms with Crippen LogP contribution in [0.1, 0.15) is 40.0 Å². The monoisotopic (exact) mass is 274 g/mol. The quantitative estimate of drug-likeness (QED) is 0.762. The van der Waals surface area contributed by atoms with Gasteiger partial charge in [-0.2, -0.15) is 0 Å². The van der Waals surface area contributed by atoms with E-state index in [1.54, 1.807) is 6.26 Å². The first-order chi connectivity index (χ1) is 8.45. The minimum Gasteiger partial charge on any atom is -0.325 e. The van der Waals surface area contributed by atoms with Crippen LogP contribution in [-0.2, 0) is 15.6 Å². The molecule has 1 rings (SSSR count). The summed E-state index contributed by atoms with van der Waals surface area (Å²) in [6.45, 7) is 6.99. The average Bonchev–Trinajstić information content (AvgIpc) is 2.53. The van der Waals surface area contributed by atoms with Gasteiger partial charge < -0.3 is 4.90 Å². The molecule has 0 radical (unpaired) electrons. The van der Waals surface area contributed by atoms with Crippen LogP contribution in [0.4, 0.5) is 0 Å². The number of amides is 1. The maximum absolute atomic E-state index is 12.3. The molecular weight excluding hydrogens is 248 g/mol. The second-order valence-corrected chi connectivity index (χ2v) is 7.02. The third-order valence-corrected chi connectivity index (χ3v) is 4.00. The van der Waals surface area contributed by atoms with Crippen LogP contribution in [0.2, 0.25) is 0 Å². The number of carbonyl (C=O) groups excluding carboxylic acids is 1. The van der Waals surface area contributed by atoms with E-state index in [1.807, 2.05) is 4.90 Å². The summed E-state index contributed by atoms with van der Waals surface area (Å²) < 4.78 is 11.2. The summed E-state index contributed by atoms with van der Waals surface area (Å²) >= 11 is 0. The highest BCUT2D eigenvalue weighted by Gasteiger charge is 2.37. The Morgan fingerprint density at radius 1 is 1.44 bits per heavy atom. The van der Waals surface area contributed by atoms with E-state index in [4.69, 9.17) is 0 Å². The van der Waals surface area contributed by atoms with Crippen LogP contribution in [-0.4, -0.2) is 45.8 Å². The van der Waals surface area contributed by atoms with Crippen molar-refractivity contribution in [2.75, 3.05) is 18.6 Å². The van der Waals surface area contributed by atoms with Crippen LogP contribution in [0.5, 0.6) is 0 Å². The summed E-state index contributed by atoms with van der Waals surface area (Å²) in [4.78, 5) is 14.2. The van der Waals surface area contributed by atoms with E-state index in [0.717, 1.165) is 19.3 Å². The molecule has 0 aliphatic carbocycles. The third-order valence-electron chi connectivity index (χ3n) is 3.24. The molecule has 0 aromatic rings. The number of rotatable bonds is 7. The van der Waals surface area contributed by atoms with Crippen LogP contribution in [0.25, 0.3) is 0 Å². The maximum Gasteiger partial charge on any atom is 0.241 e. The molecule has 1 saturated heterocycles. The molecular formula is C13H26N2O2S. The first kappa shape index (κ1) is 15.6. The topological polar surface area (TPSA) is 49.4 Å². The summed E-state index contributed by atoms with van der Waals surface area (Å²) in [7, 11) is -0.839. The van der Waals surface area contributed by atoms with Crippen molar-refractivity contribution in [2.24, 2.45) is 5.92 Å². The summed E-state index contributed by atoms with van der Waals surface area (Å²) in [5, 5.41) is 3.42. The van der Waals surface area contributed by atoms with Crippen LogP contribution < -0.4 is 5.32 Å². The highest BCUT2D eigenvalue weighted by atomic mass is 32.2. The number of hydrogen-bond acceptors (Lipinski definition) is 3. The second kappa shape index (κ2) is 7.24. The molecule has 106 valence electrons. The molecule has 0 aromatic heterocycles. The molecule has 4 nitrogen and oxygen atoms in total. The molecule has 0 aromatic carbocycles. The van der Waals surface area contributed by atoms with Crippen molar-refractivity contribution in [3.05, 3.63) is 0 Å². The molecule has 0 bridgehead atoms. The fourth-order valence-corrected chi connectivity index (χ4v) is 2.85. The van der Waals surface area contributed by atoms with Gasteiger partial charge in [0.15, 0.2) is 0 Å². The van der Waals surface area contributed by atoms with E-state index in [-0.39, 0.29) is 18.1 Å². The molecule has 3 unspecified atom stereocenters. The Kier molecular flexibility index (Phi) is 6.29. The zero-order valence-corrected chi connectivity index (χ0v) is 12.8. The van der Waals surface area contributed by atoms with Gasteiger partial charge in [0, 0.05) is 29.4 Å². The minimum absolute atomic E-state index is 0.0492. The first-order valence-electron chi connectivity index (χ1n) is 6.82. The van der Waals surface area contributed by atoms with Gasteiger partial charge in [0.1, 0.15) is 0 Å². The van der Waals surface area contributed by atoms with Gasteiger partial charge in [0.25, 0.3) is 0 Å². The van der Waals surface area contributed by atoms with Crippen molar-refractivity contribution in [1.82, 2.24) is 10.2 Å². The fourth-order valence-electron chi connectivity index (χ4n) is 2.39. The van der Waals surface area contributed by atoms with Crippen molar-refractivity contribution in [3.8, 4) is 0 Å². The summed E-state index contributed by atoms with van der Waals surface area (Å²) in [6.07, 6.45) is 4.72. The zero-order valence-electron chi connectivity index (χ0n) is 11.9. The third kappa shape index (κ3) is 4.35. The molecule has 18 heavy (non-hydrogen) atoms. The lowest BCUT2D eigenvalue weighted by Crippen LogP contribution is -2.39. The van der Waals surface area contributed by atoms with E-state index < -0.39 is 10.8 Å². The molecule has 5 heteroatoms. The molecule has 1 fully saturated rings. The Morgan fingerprint density at radius 3 is 2.61 bits per heavy atom. The number of carbonyl (C=O) groups is 1. The zero-order chi connectivity index (χ0) is 13.7. The average molecular weight is 274 g/mol. The van der Waals surface area contributed by atoms with E-state index in [0.29, 0.717) is 18.2 Å². The lowest BCUT2D eigenvalue weighted by atomic mass is 10.0. The summed E-state index contributed by atoms with van der Waals surface area (Å²) in [5.41, 5.74) is 0. The molecule has 1 aliphatic heterocycles. The normalized spacial score (nSPS) is 26.1. The van der Waals surface area contributed by atoms with Crippen LogP contribution in [0.15, 0.2) is 0 Å². The van der Waals surface area contributed by atoms with Crippen molar-refractivity contribution >= 4 is 16.7 Å². The van der Waals surface area contributed by atoms with Crippen molar-refractivity contribution < 1.29 is 9.00 Å². The van der Waals surface area contributed by atoms with Gasteiger partial charge in [-0.25, -0.2) is 0 Å². The Morgan fingerprint density at radius 2 is 2.11 bits per heavy atom. The van der Waals surface area contributed by atoms with Gasteiger partial charge in [-0.1, -0.05) is 27.2 Å². The summed E-state index contributed by atoms with van der Waals surface area (Å²) in [5.74, 6) is 1.27. The Balaban J connectivity index is 2.64. The maximum atomic E-state index is 12.3. The lowest BCUT2D eigenvalue weighted by molar-refractivity contribution is -0.130. The van der Waals surface area contributed by atoms with Crippen LogP contribution in [0.3, 0.4) is 0 Å². The number of nitrogens with zero attached hydrogens (tertiary/aromatic N) is 1. The minimum atomic E-state index is -0.839. The van der Waals surface area contributed by atoms with Gasteiger partial charge in [-0.15, -0.1) is 0 Å². The molecule has 0 saturated carbocycles. The molecule has 1 heterocycles. The Bertz CT molecular complexity index is 307. The molecule has 1 N–H and O–H groups in total. The predicted molar refractivity (Wildman–Crippen MR) is 75.7 cm³/mol. The highest BCUT2D eigenvalue weighted by Crippen LogP contribution is 2.19. The molecule has 1 amide bonds. The standard InChI is InChI=1S/C13H26N2O2S/c1-5-6-12-14-11(9-10(2)3)13(16)15(12)7-8-18(4)17/h10-12,14H,5-9H2,1-4H3. The van der Waals surface area contributed by atoms with E-state index in [2.05, 4.69) is 26.1 Å². The van der Waals surface area contributed by atoms with E-state index >= 15 is 0 Å². The number of hydrogen-bond donors (Lipinski definition) is 1. The fraction of sp³-hybridized carbons (Fsp3) is 0.923. The van der Waals surface area contributed by atoms with Crippen molar-refractivity contribution in [1.29, 1.82) is 0 Å². The van der Waals surface area contributed by atoms with Crippen LogP contribution in [0, 0.1) is 5.92 Å². The van der Waals surface area contributed by atoms with E-state index in [1.165, 1.54) is 0 Å². The van der Waals surface area contributed by atoms with Gasteiger partial charge in [0.2, 0.25) is 5.91 Å². The SMILES string of the molecule is CCCC1NC(CC(C)C)C(=O)N1CCS(C)=O. The number of nitrogens with one attached hydrogen (secondary N) is 1. The second-order valence-electron chi connectivity index (χ2n) is 5.46. The van der Waals surface area contributed by atoms with Gasteiger partial charge in [0.05, 0.1) is 12.2 Å². The Labute approximate surface area is 113 Å². The largest absolute Gasteiger partial charge is 0.325 e.